The van der Waals surface area contributed by atoms with Crippen LogP contribution in [-0.4, -0.2) is 54.6 Å². The van der Waals surface area contributed by atoms with Gasteiger partial charge >= 0.3 is 6.09 Å². The van der Waals surface area contributed by atoms with E-state index in [-0.39, 0.29) is 29.7 Å². The maximum Gasteiger partial charge on any atom is 0.410 e. The van der Waals surface area contributed by atoms with E-state index in [1.54, 1.807) is 43.9 Å². The Labute approximate surface area is 193 Å². The number of nitrogens with zero attached hydrogens (tertiary/aromatic N) is 6. The van der Waals surface area contributed by atoms with Gasteiger partial charge in [-0.2, -0.15) is 10.1 Å². The Morgan fingerprint density at radius 2 is 1.94 bits per heavy atom. The predicted octanol–water partition coefficient (Wildman–Crippen LogP) is 4.14. The number of fused-ring (bicyclic) bond motifs is 1. The molecule has 11 heteroatoms. The fourth-order valence-corrected chi connectivity index (χ4v) is 3.84. The van der Waals surface area contributed by atoms with Crippen molar-refractivity contribution >= 4 is 17.0 Å². The molecule has 4 aromatic rings. The van der Waals surface area contributed by atoms with E-state index in [1.807, 2.05) is 0 Å². The minimum absolute atomic E-state index is 0.0427. The summed E-state index contributed by atoms with van der Waals surface area (Å²) in [5.41, 5.74) is 0.576. The first-order valence-electron chi connectivity index (χ1n) is 10.7. The molecule has 0 atom stereocenters. The Balaban J connectivity index is 1.40. The minimum Gasteiger partial charge on any atom is -0.444 e. The summed E-state index contributed by atoms with van der Waals surface area (Å²) < 4.78 is 40.9. The molecule has 3 aromatic heterocycles. The number of aromatic nitrogens is 5. The van der Waals surface area contributed by atoms with Crippen LogP contribution in [-0.2, 0) is 11.3 Å². The zero-order chi connectivity index (χ0) is 24.0. The van der Waals surface area contributed by atoms with Gasteiger partial charge in [-0.15, -0.1) is 0 Å². The summed E-state index contributed by atoms with van der Waals surface area (Å²) in [5.74, 6) is -0.846. The van der Waals surface area contributed by atoms with Crippen molar-refractivity contribution in [3.05, 3.63) is 59.8 Å². The van der Waals surface area contributed by atoms with Gasteiger partial charge in [-0.1, -0.05) is 17.3 Å². The molecule has 1 fully saturated rings. The number of amides is 1. The molecule has 9 nitrogen and oxygen atoms in total. The first-order chi connectivity index (χ1) is 16.2. The molecule has 0 N–H and O–H groups in total. The van der Waals surface area contributed by atoms with Crippen LogP contribution in [0.25, 0.3) is 22.4 Å². The molecule has 34 heavy (non-hydrogen) atoms. The third-order valence-electron chi connectivity index (χ3n) is 5.43. The van der Waals surface area contributed by atoms with Crippen LogP contribution in [0.15, 0.2) is 41.2 Å². The summed E-state index contributed by atoms with van der Waals surface area (Å²) in [7, 11) is 0. The number of halogens is 2. The third kappa shape index (κ3) is 4.09. The van der Waals surface area contributed by atoms with Gasteiger partial charge in [0.05, 0.1) is 34.6 Å². The minimum atomic E-state index is -0.597. The zero-order valence-corrected chi connectivity index (χ0v) is 18.8. The lowest BCUT2D eigenvalue weighted by atomic mass is 9.94. The van der Waals surface area contributed by atoms with Gasteiger partial charge in [0.2, 0.25) is 0 Å². The molecule has 0 radical (unpaired) electrons. The number of rotatable bonds is 4. The monoisotopic (exact) mass is 468 g/mol. The topological polar surface area (TPSA) is 99.2 Å². The molecule has 1 amide bonds. The van der Waals surface area contributed by atoms with E-state index < -0.39 is 23.3 Å². The lowest BCUT2D eigenvalue weighted by Gasteiger charge is -2.39. The molecular weight excluding hydrogens is 446 g/mol. The first kappa shape index (κ1) is 21.9. The molecule has 0 unspecified atom stereocenters. The van der Waals surface area contributed by atoms with Gasteiger partial charge in [0.1, 0.15) is 18.0 Å². The fourth-order valence-electron chi connectivity index (χ4n) is 3.84. The van der Waals surface area contributed by atoms with E-state index in [1.165, 1.54) is 16.9 Å². The molecule has 0 spiro atoms. The van der Waals surface area contributed by atoms with Crippen LogP contribution >= 0.6 is 0 Å². The Hall–Kier alpha value is -3.89. The molecule has 1 aliphatic heterocycles. The number of hydrogen-bond acceptors (Lipinski definition) is 7. The second-order valence-electron chi connectivity index (χ2n) is 9.14. The second-order valence-corrected chi connectivity index (χ2v) is 9.14. The predicted molar refractivity (Wildman–Crippen MR) is 117 cm³/mol. The number of likely N-dealkylation sites (tertiary alicyclic amines) is 1. The summed E-state index contributed by atoms with van der Waals surface area (Å²) in [4.78, 5) is 22.0. The Kier molecular flexibility index (Phi) is 5.26. The lowest BCUT2D eigenvalue weighted by molar-refractivity contribution is 0.00792. The van der Waals surface area contributed by atoms with Crippen molar-refractivity contribution in [1.29, 1.82) is 0 Å². The van der Waals surface area contributed by atoms with Crippen molar-refractivity contribution in [2.45, 2.75) is 38.8 Å². The van der Waals surface area contributed by atoms with Gasteiger partial charge in [0.25, 0.3) is 5.89 Å². The van der Waals surface area contributed by atoms with Crippen LogP contribution in [0, 0.1) is 11.6 Å². The van der Waals surface area contributed by atoms with Gasteiger partial charge in [-0.05, 0) is 32.9 Å². The lowest BCUT2D eigenvalue weighted by Crippen LogP contribution is -2.50. The molecule has 4 heterocycles. The van der Waals surface area contributed by atoms with Crippen molar-refractivity contribution in [2.24, 2.45) is 0 Å². The number of ether oxygens (including phenoxy) is 1. The van der Waals surface area contributed by atoms with Crippen LogP contribution < -0.4 is 0 Å². The summed E-state index contributed by atoms with van der Waals surface area (Å²) >= 11 is 0. The number of benzene rings is 1. The van der Waals surface area contributed by atoms with Crippen LogP contribution in [0.3, 0.4) is 0 Å². The maximum atomic E-state index is 14.8. The molecule has 0 bridgehead atoms. The van der Waals surface area contributed by atoms with Crippen molar-refractivity contribution in [1.82, 2.24) is 29.8 Å². The van der Waals surface area contributed by atoms with E-state index in [9.17, 15) is 13.6 Å². The highest BCUT2D eigenvalue weighted by atomic mass is 19.1. The summed E-state index contributed by atoms with van der Waals surface area (Å²) in [6.07, 6.45) is 2.23. The van der Waals surface area contributed by atoms with Gasteiger partial charge in [-0.3, -0.25) is 9.67 Å². The molecule has 0 aliphatic carbocycles. The van der Waals surface area contributed by atoms with E-state index in [2.05, 4.69) is 20.2 Å². The standard InChI is InChI=1S/C23H22F2N6O3/c1-23(2,3)33-22(32)30-10-13(11-30)20-19-16(25)8-26-9-17(19)31(28-20)12-18-27-21(34-29-18)14-6-4-5-7-15(14)24/h4-9,13H,10-12H2,1-3H3. The highest BCUT2D eigenvalue weighted by Gasteiger charge is 2.37. The Morgan fingerprint density at radius 3 is 2.68 bits per heavy atom. The van der Waals surface area contributed by atoms with Crippen LogP contribution in [0.2, 0.25) is 0 Å². The highest BCUT2D eigenvalue weighted by molar-refractivity contribution is 5.83. The average molecular weight is 468 g/mol. The number of hydrogen-bond donors (Lipinski definition) is 0. The van der Waals surface area contributed by atoms with Crippen molar-refractivity contribution < 1.29 is 22.8 Å². The Bertz CT molecular complexity index is 1370. The van der Waals surface area contributed by atoms with Crippen LogP contribution in [0.5, 0.6) is 0 Å². The number of pyridine rings is 1. The first-order valence-corrected chi connectivity index (χ1v) is 10.7. The second kappa shape index (κ2) is 8.15. The largest absolute Gasteiger partial charge is 0.444 e. The molecule has 1 aromatic carbocycles. The molecule has 0 saturated carbocycles. The van der Waals surface area contributed by atoms with Gasteiger partial charge in [0.15, 0.2) is 11.6 Å². The maximum absolute atomic E-state index is 14.8. The van der Waals surface area contributed by atoms with E-state index >= 15 is 0 Å². The zero-order valence-electron chi connectivity index (χ0n) is 18.8. The summed E-state index contributed by atoms with van der Waals surface area (Å²) in [6, 6.07) is 6.09. The number of carbonyl (C=O) groups excluding carboxylic acids is 1. The molecule has 1 aliphatic rings. The van der Waals surface area contributed by atoms with Gasteiger partial charge in [-0.25, -0.2) is 13.6 Å². The Morgan fingerprint density at radius 1 is 1.18 bits per heavy atom. The molecule has 176 valence electrons. The van der Waals surface area contributed by atoms with E-state index in [4.69, 9.17) is 9.26 Å². The third-order valence-corrected chi connectivity index (χ3v) is 5.43. The molecule has 1 saturated heterocycles. The van der Waals surface area contributed by atoms with E-state index in [0.29, 0.717) is 29.7 Å². The van der Waals surface area contributed by atoms with Crippen LogP contribution in [0.4, 0.5) is 13.6 Å². The summed E-state index contributed by atoms with van der Waals surface area (Å²) in [5, 5.41) is 8.85. The van der Waals surface area contributed by atoms with Gasteiger partial charge < -0.3 is 14.2 Å². The summed E-state index contributed by atoms with van der Waals surface area (Å²) in [6.45, 7) is 6.20. The quantitative estimate of drug-likeness (QED) is 0.444. The highest BCUT2D eigenvalue weighted by Crippen LogP contribution is 2.34. The smallest absolute Gasteiger partial charge is 0.410 e. The number of carbonyl (C=O) groups is 1. The normalized spacial score (nSPS) is 14.4. The average Bonchev–Trinajstić information content (AvgIpc) is 3.32. The van der Waals surface area contributed by atoms with Crippen molar-refractivity contribution in [2.75, 3.05) is 13.1 Å². The molecular formula is C23H22F2N6O3. The fraction of sp³-hybridized carbons (Fsp3) is 0.348. The van der Waals surface area contributed by atoms with Crippen molar-refractivity contribution in [3.63, 3.8) is 0 Å². The molecule has 5 rings (SSSR count). The van der Waals surface area contributed by atoms with Gasteiger partial charge in [0, 0.05) is 19.0 Å². The van der Waals surface area contributed by atoms with E-state index in [0.717, 1.165) is 6.20 Å². The SMILES string of the molecule is CC(C)(C)OC(=O)N1CC(c2nn(Cc3noc(-c4ccccc4F)n3)c3cncc(F)c23)C1. The van der Waals surface area contributed by atoms with Crippen LogP contribution in [0.1, 0.15) is 38.2 Å². The van der Waals surface area contributed by atoms with Crippen molar-refractivity contribution in [3.8, 4) is 11.5 Å².